The molecule has 0 radical (unpaired) electrons. The minimum atomic E-state index is -4.38. The number of hydrogen-bond donors (Lipinski definition) is 1. The number of piperidine rings is 2. The van der Waals surface area contributed by atoms with Crippen molar-refractivity contribution in [3.63, 3.8) is 0 Å². The van der Waals surface area contributed by atoms with Gasteiger partial charge in [-0.3, -0.25) is 4.79 Å². The first-order valence-corrected chi connectivity index (χ1v) is 15.5. The summed E-state index contributed by atoms with van der Waals surface area (Å²) in [6.07, 6.45) is 6.47. The lowest BCUT2D eigenvalue weighted by atomic mass is 9.87. The maximum atomic E-state index is 12.8. The molecular formula is C32H45ClF3N3OS. The van der Waals surface area contributed by atoms with E-state index in [0.29, 0.717) is 31.1 Å². The molecule has 2 heterocycles. The zero-order valence-corrected chi connectivity index (χ0v) is 25.3. The molecule has 0 aliphatic carbocycles. The van der Waals surface area contributed by atoms with Gasteiger partial charge in [0.1, 0.15) is 0 Å². The summed E-state index contributed by atoms with van der Waals surface area (Å²) in [5, 5.41) is 3.41. The Morgan fingerprint density at radius 2 is 1.61 bits per heavy atom. The van der Waals surface area contributed by atoms with E-state index in [0.717, 1.165) is 38.8 Å². The summed E-state index contributed by atoms with van der Waals surface area (Å²) in [5.41, 5.74) is -0.940. The highest BCUT2D eigenvalue weighted by molar-refractivity contribution is 8.00. The summed E-state index contributed by atoms with van der Waals surface area (Å²) < 4.78 is 38.4. The maximum absolute atomic E-state index is 12.8. The number of anilines is 2. The molecule has 41 heavy (non-hydrogen) atoms. The number of thioether (sulfide) groups is 1. The van der Waals surface area contributed by atoms with E-state index in [1.807, 2.05) is 4.90 Å². The zero-order valence-electron chi connectivity index (χ0n) is 23.7. The molecule has 0 spiro atoms. The predicted molar refractivity (Wildman–Crippen MR) is 167 cm³/mol. The summed E-state index contributed by atoms with van der Waals surface area (Å²) >= 11 is 5.74. The molecule has 228 valence electrons. The fourth-order valence-corrected chi connectivity index (χ4v) is 6.49. The number of benzene rings is 2. The average molecular weight is 612 g/mol. The van der Waals surface area contributed by atoms with Crippen molar-refractivity contribution in [3.8, 4) is 0 Å². The van der Waals surface area contributed by atoms with Crippen LogP contribution in [-0.4, -0.2) is 48.5 Å². The molecule has 2 fully saturated rings. The molecule has 2 saturated heterocycles. The first-order chi connectivity index (χ1) is 18.9. The van der Waals surface area contributed by atoms with Crippen LogP contribution in [0.1, 0.15) is 78.7 Å². The van der Waals surface area contributed by atoms with E-state index < -0.39 is 5.51 Å². The van der Waals surface area contributed by atoms with Crippen molar-refractivity contribution in [2.75, 3.05) is 36.4 Å². The molecule has 0 aromatic heterocycles. The van der Waals surface area contributed by atoms with Gasteiger partial charge in [0.25, 0.3) is 0 Å². The lowest BCUT2D eigenvalue weighted by Crippen LogP contribution is -2.42. The Morgan fingerprint density at radius 1 is 0.976 bits per heavy atom. The molecule has 2 aromatic carbocycles. The second-order valence-corrected chi connectivity index (χ2v) is 13.6. The average Bonchev–Trinajstić information content (AvgIpc) is 2.90. The third kappa shape index (κ3) is 10.0. The van der Waals surface area contributed by atoms with Gasteiger partial charge in [0, 0.05) is 54.9 Å². The van der Waals surface area contributed by atoms with E-state index in [9.17, 15) is 18.0 Å². The summed E-state index contributed by atoms with van der Waals surface area (Å²) in [6, 6.07) is 13.7. The van der Waals surface area contributed by atoms with Gasteiger partial charge in [0.05, 0.1) is 5.02 Å². The molecule has 0 unspecified atom stereocenters. The first-order valence-electron chi connectivity index (χ1n) is 14.3. The smallest absolute Gasteiger partial charge is 0.382 e. The summed E-state index contributed by atoms with van der Waals surface area (Å²) in [4.78, 5) is 17.2. The number of likely N-dealkylation sites (tertiary alicyclic amines) is 1. The molecule has 9 heteroatoms. The molecule has 0 saturated carbocycles. The van der Waals surface area contributed by atoms with Crippen LogP contribution in [0.4, 0.5) is 24.5 Å². The Kier molecular flexibility index (Phi) is 11.8. The van der Waals surface area contributed by atoms with Crippen LogP contribution in [0.15, 0.2) is 47.4 Å². The number of alkyl halides is 3. The molecule has 0 atom stereocenters. The normalized spacial score (nSPS) is 17.3. The lowest BCUT2D eigenvalue weighted by molar-refractivity contribution is -0.132. The van der Waals surface area contributed by atoms with Crippen LogP contribution in [0.5, 0.6) is 0 Å². The molecule has 1 N–H and O–H groups in total. The molecule has 0 bridgehead atoms. The molecule has 2 aromatic rings. The van der Waals surface area contributed by atoms with Crippen molar-refractivity contribution >= 4 is 40.6 Å². The van der Waals surface area contributed by atoms with Crippen LogP contribution in [0, 0.1) is 5.92 Å². The van der Waals surface area contributed by atoms with Gasteiger partial charge in [-0.15, -0.1) is 0 Å². The van der Waals surface area contributed by atoms with E-state index in [1.165, 1.54) is 36.2 Å². The largest absolute Gasteiger partial charge is 0.446 e. The van der Waals surface area contributed by atoms with Crippen molar-refractivity contribution in [1.82, 2.24) is 4.90 Å². The Balaban J connectivity index is 0.00000462. The molecule has 2 aliphatic heterocycles. The van der Waals surface area contributed by atoms with Crippen molar-refractivity contribution < 1.29 is 18.0 Å². The third-order valence-corrected chi connectivity index (χ3v) is 9.32. The summed E-state index contributed by atoms with van der Waals surface area (Å²) in [6.45, 7) is 10.2. The van der Waals surface area contributed by atoms with Crippen LogP contribution < -0.4 is 10.2 Å². The van der Waals surface area contributed by atoms with E-state index in [4.69, 9.17) is 11.6 Å². The molecule has 1 amide bonds. The van der Waals surface area contributed by atoms with Crippen molar-refractivity contribution in [2.24, 2.45) is 5.92 Å². The Hall–Kier alpha value is -2.06. The topological polar surface area (TPSA) is 35.6 Å². The van der Waals surface area contributed by atoms with Crippen molar-refractivity contribution in [1.29, 1.82) is 0 Å². The van der Waals surface area contributed by atoms with E-state index in [1.54, 1.807) is 6.07 Å². The summed E-state index contributed by atoms with van der Waals surface area (Å²) in [7, 11) is 0. The van der Waals surface area contributed by atoms with Gasteiger partial charge in [-0.25, -0.2) is 0 Å². The van der Waals surface area contributed by atoms with Crippen LogP contribution in [0.2, 0.25) is 5.02 Å². The monoisotopic (exact) mass is 611 g/mol. The standard InChI is InChI=1S/C31H41ClF3N3OS.CH4/c1-30(2,3)23-7-10-26(11-8-23)37-17-13-22(14-18-37)5-4-6-29(39)38-19-15-24(16-20-38)36-25-9-12-27(32)28(21-25)40-31(33,34)35;/h7-12,21-22,24,36H,4-6,13-20H2,1-3H3;1H4. The second-order valence-electron chi connectivity index (χ2n) is 12.1. The number of carbonyl (C=O) groups is 1. The van der Waals surface area contributed by atoms with E-state index in [2.05, 4.69) is 55.3 Å². The molecule has 4 nitrogen and oxygen atoms in total. The van der Waals surface area contributed by atoms with Crippen molar-refractivity contribution in [3.05, 3.63) is 53.1 Å². The number of nitrogens with zero attached hydrogens (tertiary/aromatic N) is 2. The Bertz CT molecular complexity index is 1120. The van der Waals surface area contributed by atoms with Crippen LogP contribution in [-0.2, 0) is 10.2 Å². The van der Waals surface area contributed by atoms with Gasteiger partial charge in [0.15, 0.2) is 0 Å². The Labute approximate surface area is 253 Å². The van der Waals surface area contributed by atoms with Gasteiger partial charge < -0.3 is 15.1 Å². The first kappa shape index (κ1) is 33.4. The number of amides is 1. The lowest BCUT2D eigenvalue weighted by Gasteiger charge is -2.34. The fourth-order valence-electron chi connectivity index (χ4n) is 5.66. The van der Waals surface area contributed by atoms with Gasteiger partial charge >= 0.3 is 5.51 Å². The van der Waals surface area contributed by atoms with Gasteiger partial charge in [-0.1, -0.05) is 51.9 Å². The van der Waals surface area contributed by atoms with E-state index in [-0.39, 0.29) is 46.5 Å². The SMILES string of the molecule is C.CC(C)(C)c1ccc(N2CCC(CCCC(=O)N3CCC(Nc4ccc(Cl)c(SC(F)(F)F)c4)CC3)CC2)cc1. The number of rotatable bonds is 8. The van der Waals surface area contributed by atoms with Gasteiger partial charge in [-0.2, -0.15) is 13.2 Å². The minimum absolute atomic E-state index is 0. The highest BCUT2D eigenvalue weighted by atomic mass is 35.5. The third-order valence-electron chi connectivity index (χ3n) is 8.09. The van der Waals surface area contributed by atoms with Gasteiger partial charge in [-0.05, 0) is 97.5 Å². The quantitative estimate of drug-likeness (QED) is 0.302. The number of carbonyl (C=O) groups excluding carboxylic acids is 1. The second kappa shape index (κ2) is 14.4. The summed E-state index contributed by atoms with van der Waals surface area (Å²) in [5.74, 6) is 0.887. The van der Waals surface area contributed by atoms with Crippen molar-refractivity contribution in [2.45, 2.75) is 95.0 Å². The molecule has 4 rings (SSSR count). The number of nitrogens with one attached hydrogen (secondary N) is 1. The molecular weight excluding hydrogens is 567 g/mol. The predicted octanol–water partition coefficient (Wildman–Crippen LogP) is 9.38. The highest BCUT2D eigenvalue weighted by Gasteiger charge is 2.31. The fraction of sp³-hybridized carbons (Fsp3) is 0.594. The van der Waals surface area contributed by atoms with Crippen LogP contribution in [0.3, 0.4) is 0 Å². The van der Waals surface area contributed by atoms with Crippen LogP contribution in [0.25, 0.3) is 0 Å². The zero-order chi connectivity index (χ0) is 28.9. The van der Waals surface area contributed by atoms with Gasteiger partial charge in [0.2, 0.25) is 5.91 Å². The molecule has 2 aliphatic rings. The highest BCUT2D eigenvalue weighted by Crippen LogP contribution is 2.41. The Morgan fingerprint density at radius 3 is 2.20 bits per heavy atom. The maximum Gasteiger partial charge on any atom is 0.446 e. The minimum Gasteiger partial charge on any atom is -0.382 e. The van der Waals surface area contributed by atoms with Crippen LogP contribution >= 0.6 is 23.4 Å². The number of halogens is 4. The van der Waals surface area contributed by atoms with E-state index >= 15 is 0 Å². The number of hydrogen-bond acceptors (Lipinski definition) is 4.